The van der Waals surface area contributed by atoms with Crippen LogP contribution in [0.25, 0.3) is 11.1 Å². The minimum atomic E-state index is -3.91. The van der Waals surface area contributed by atoms with Crippen molar-refractivity contribution in [3.8, 4) is 0 Å². The number of hydrogen-bond donors (Lipinski definition) is 2. The lowest BCUT2D eigenvalue weighted by Gasteiger charge is -2.09. The molecule has 0 radical (unpaired) electrons. The third kappa shape index (κ3) is 4.58. The molecule has 0 spiro atoms. The first-order valence-electron chi connectivity index (χ1n) is 8.83. The first-order chi connectivity index (χ1) is 13.6. The number of nitrogens with zero attached hydrogens (tertiary/aromatic N) is 1. The Bertz CT molecular complexity index is 1290. The van der Waals surface area contributed by atoms with E-state index in [1.54, 1.807) is 19.1 Å². The molecule has 0 aliphatic carbocycles. The van der Waals surface area contributed by atoms with Crippen LogP contribution < -0.4 is 15.2 Å². The van der Waals surface area contributed by atoms with Crippen molar-refractivity contribution in [3.05, 3.63) is 58.6 Å². The van der Waals surface area contributed by atoms with Gasteiger partial charge >= 0.3 is 5.76 Å². The summed E-state index contributed by atoms with van der Waals surface area (Å²) < 4.78 is 60.5. The van der Waals surface area contributed by atoms with Gasteiger partial charge < -0.3 is 4.42 Å². The molecule has 0 bridgehead atoms. The summed E-state index contributed by atoms with van der Waals surface area (Å²) in [5, 5.41) is 0. The Morgan fingerprint density at radius 2 is 1.45 bits per heavy atom. The molecule has 0 amide bonds. The molecular formula is C18H21N3O6S2. The highest BCUT2D eigenvalue weighted by atomic mass is 32.2. The maximum absolute atomic E-state index is 12.5. The normalized spacial score (nSPS) is 12.5. The fourth-order valence-electron chi connectivity index (χ4n) is 2.77. The Morgan fingerprint density at radius 1 is 0.897 bits per heavy atom. The number of nitrogens with one attached hydrogen (secondary N) is 2. The Morgan fingerprint density at radius 3 is 2.03 bits per heavy atom. The molecule has 0 unspecified atom stereocenters. The van der Waals surface area contributed by atoms with Crippen molar-refractivity contribution < 1.29 is 21.3 Å². The van der Waals surface area contributed by atoms with Gasteiger partial charge in [0.05, 0.1) is 15.3 Å². The molecular weight excluding hydrogens is 418 g/mol. The van der Waals surface area contributed by atoms with Crippen molar-refractivity contribution in [2.45, 2.75) is 30.2 Å². The quantitative estimate of drug-likeness (QED) is 0.508. The molecule has 0 saturated heterocycles. The highest BCUT2D eigenvalue weighted by Crippen LogP contribution is 2.18. The number of hydrogen-bond acceptors (Lipinski definition) is 6. The molecule has 0 aliphatic rings. The topological polar surface area (TPSA) is 127 Å². The summed E-state index contributed by atoms with van der Waals surface area (Å²) in [5.74, 6) is -0.560. The molecule has 2 N–H and O–H groups in total. The van der Waals surface area contributed by atoms with Crippen molar-refractivity contribution in [2.75, 3.05) is 13.1 Å². The second kappa shape index (κ2) is 8.11. The van der Waals surface area contributed by atoms with Gasteiger partial charge in [-0.25, -0.2) is 31.1 Å². The molecule has 0 aliphatic heterocycles. The van der Waals surface area contributed by atoms with E-state index in [2.05, 4.69) is 9.44 Å². The zero-order valence-corrected chi connectivity index (χ0v) is 17.5. The first kappa shape index (κ1) is 21.2. The van der Waals surface area contributed by atoms with E-state index in [0.717, 1.165) is 5.56 Å². The minimum Gasteiger partial charge on any atom is -0.408 e. The van der Waals surface area contributed by atoms with E-state index in [0.29, 0.717) is 12.1 Å². The van der Waals surface area contributed by atoms with Crippen molar-refractivity contribution in [3.63, 3.8) is 0 Å². The molecule has 1 heterocycles. The van der Waals surface area contributed by atoms with E-state index in [-0.39, 0.29) is 28.5 Å². The van der Waals surface area contributed by atoms with Gasteiger partial charge in [-0.1, -0.05) is 17.7 Å². The molecule has 9 nitrogen and oxygen atoms in total. The summed E-state index contributed by atoms with van der Waals surface area (Å²) in [5.41, 5.74) is 1.60. The summed E-state index contributed by atoms with van der Waals surface area (Å²) in [6.45, 7) is 3.75. The molecule has 0 fully saturated rings. The molecule has 29 heavy (non-hydrogen) atoms. The lowest BCUT2D eigenvalue weighted by atomic mass is 10.2. The third-order valence-electron chi connectivity index (χ3n) is 4.31. The van der Waals surface area contributed by atoms with Gasteiger partial charge in [-0.05, 0) is 38.1 Å². The predicted molar refractivity (Wildman–Crippen MR) is 108 cm³/mol. The van der Waals surface area contributed by atoms with E-state index in [4.69, 9.17) is 4.42 Å². The van der Waals surface area contributed by atoms with Crippen LogP contribution in [-0.2, 0) is 26.6 Å². The SMILES string of the molecule is CCn1c(=O)oc2cc(S(=O)(=O)NCCNS(=O)(=O)c3ccc(C)cc3)ccc21. The van der Waals surface area contributed by atoms with Crippen LogP contribution in [0.5, 0.6) is 0 Å². The lowest BCUT2D eigenvalue weighted by molar-refractivity contribution is 0.512. The number of oxazole rings is 1. The Balaban J connectivity index is 1.66. The van der Waals surface area contributed by atoms with E-state index < -0.39 is 25.8 Å². The predicted octanol–water partition coefficient (Wildman–Crippen LogP) is 1.18. The van der Waals surface area contributed by atoms with E-state index >= 15 is 0 Å². The monoisotopic (exact) mass is 439 g/mol. The van der Waals surface area contributed by atoms with Gasteiger partial charge in [0.2, 0.25) is 20.0 Å². The average molecular weight is 440 g/mol. The number of rotatable bonds is 8. The van der Waals surface area contributed by atoms with Gasteiger partial charge in [-0.15, -0.1) is 0 Å². The molecule has 1 aromatic heterocycles. The smallest absolute Gasteiger partial charge is 0.408 e. The fraction of sp³-hybridized carbons (Fsp3) is 0.278. The number of sulfonamides is 2. The Kier molecular flexibility index (Phi) is 5.94. The number of aryl methyl sites for hydroxylation is 2. The van der Waals surface area contributed by atoms with Gasteiger partial charge in [0.15, 0.2) is 5.58 Å². The van der Waals surface area contributed by atoms with E-state index in [1.165, 1.54) is 34.9 Å². The van der Waals surface area contributed by atoms with Gasteiger partial charge in [-0.2, -0.15) is 0 Å². The standard InChI is InChI=1S/C18H21N3O6S2/c1-3-21-16-9-8-15(12-17(16)27-18(21)22)29(25,26)20-11-10-19-28(23,24)14-6-4-13(2)5-7-14/h4-9,12,19-20H,3,10-11H2,1-2H3. The number of fused-ring (bicyclic) bond motifs is 1. The molecule has 2 aromatic carbocycles. The summed E-state index contributed by atoms with van der Waals surface area (Å²) in [7, 11) is -7.64. The van der Waals surface area contributed by atoms with Crippen molar-refractivity contribution in [2.24, 2.45) is 0 Å². The highest BCUT2D eigenvalue weighted by Gasteiger charge is 2.18. The van der Waals surface area contributed by atoms with Crippen LogP contribution in [0.1, 0.15) is 12.5 Å². The van der Waals surface area contributed by atoms with Crippen LogP contribution in [0.4, 0.5) is 0 Å². The molecule has 11 heteroatoms. The molecule has 156 valence electrons. The summed E-state index contributed by atoms with van der Waals surface area (Å²) >= 11 is 0. The van der Waals surface area contributed by atoms with Crippen LogP contribution in [0, 0.1) is 6.92 Å². The van der Waals surface area contributed by atoms with Crippen LogP contribution in [0.2, 0.25) is 0 Å². The molecule has 3 aromatic rings. The number of aromatic nitrogens is 1. The van der Waals surface area contributed by atoms with Crippen LogP contribution >= 0.6 is 0 Å². The summed E-state index contributed by atoms with van der Waals surface area (Å²) in [4.78, 5) is 11.8. The number of benzene rings is 2. The van der Waals surface area contributed by atoms with Crippen LogP contribution in [0.3, 0.4) is 0 Å². The van der Waals surface area contributed by atoms with E-state index in [9.17, 15) is 21.6 Å². The molecule has 0 saturated carbocycles. The summed E-state index contributed by atoms with van der Waals surface area (Å²) in [6.07, 6.45) is 0. The average Bonchev–Trinajstić information content (AvgIpc) is 2.99. The minimum absolute atomic E-state index is 0.0802. The zero-order valence-electron chi connectivity index (χ0n) is 15.9. The van der Waals surface area contributed by atoms with Crippen molar-refractivity contribution in [1.82, 2.24) is 14.0 Å². The van der Waals surface area contributed by atoms with E-state index in [1.807, 2.05) is 6.92 Å². The molecule has 0 atom stereocenters. The lowest BCUT2D eigenvalue weighted by Crippen LogP contribution is -2.34. The largest absolute Gasteiger partial charge is 0.419 e. The second-order valence-corrected chi connectivity index (χ2v) is 9.88. The van der Waals surface area contributed by atoms with Crippen molar-refractivity contribution in [1.29, 1.82) is 0 Å². The fourth-order valence-corrected chi connectivity index (χ4v) is 4.85. The van der Waals surface area contributed by atoms with Gasteiger partial charge in [0.25, 0.3) is 0 Å². The van der Waals surface area contributed by atoms with Gasteiger partial charge in [0.1, 0.15) is 0 Å². The third-order valence-corrected chi connectivity index (χ3v) is 7.24. The maximum Gasteiger partial charge on any atom is 0.419 e. The maximum atomic E-state index is 12.5. The van der Waals surface area contributed by atoms with Crippen LogP contribution in [0.15, 0.2) is 61.5 Å². The first-order valence-corrected chi connectivity index (χ1v) is 11.8. The zero-order chi connectivity index (χ0) is 21.2. The molecule has 3 rings (SSSR count). The summed E-state index contributed by atoms with van der Waals surface area (Å²) in [6, 6.07) is 10.4. The van der Waals surface area contributed by atoms with Gasteiger partial charge in [-0.3, -0.25) is 4.57 Å². The highest BCUT2D eigenvalue weighted by molar-refractivity contribution is 7.90. The van der Waals surface area contributed by atoms with Gasteiger partial charge in [0, 0.05) is 25.7 Å². The Hall–Kier alpha value is -2.47. The van der Waals surface area contributed by atoms with Crippen molar-refractivity contribution >= 4 is 31.1 Å². The second-order valence-electron chi connectivity index (χ2n) is 6.35. The van der Waals surface area contributed by atoms with Crippen LogP contribution in [-0.4, -0.2) is 34.5 Å². The Labute approximate surface area is 168 Å².